The predicted molar refractivity (Wildman–Crippen MR) is 139 cm³/mol. The average Bonchev–Trinajstić information content (AvgIpc) is 2.87. The molecule has 3 aromatic rings. The van der Waals surface area contributed by atoms with Crippen molar-refractivity contribution in [1.29, 1.82) is 0 Å². The topological polar surface area (TPSA) is 143 Å². The Morgan fingerprint density at radius 2 is 1.78 bits per heavy atom. The number of nitrogens with zero attached hydrogens (tertiary/aromatic N) is 2. The van der Waals surface area contributed by atoms with Gasteiger partial charge in [-0.3, -0.25) is 24.5 Å². The van der Waals surface area contributed by atoms with Crippen LogP contribution in [0.15, 0.2) is 66.7 Å². The van der Waals surface area contributed by atoms with Gasteiger partial charge in [-0.2, -0.15) is 0 Å². The zero-order valence-electron chi connectivity index (χ0n) is 20.2. The van der Waals surface area contributed by atoms with Crippen molar-refractivity contribution < 1.29 is 24.0 Å². The summed E-state index contributed by atoms with van der Waals surface area (Å²) in [5.74, 6) is -1.21. The molecule has 190 valence electrons. The molecule has 1 aliphatic rings. The van der Waals surface area contributed by atoms with E-state index in [9.17, 15) is 24.5 Å². The highest BCUT2D eigenvalue weighted by molar-refractivity contribution is 6.08. The van der Waals surface area contributed by atoms with Crippen LogP contribution < -0.4 is 25.6 Å². The third-order valence-electron chi connectivity index (χ3n) is 5.85. The van der Waals surface area contributed by atoms with Gasteiger partial charge in [-0.25, -0.2) is 0 Å². The number of nitro benzene ring substituents is 1. The molecule has 0 unspecified atom stereocenters. The van der Waals surface area contributed by atoms with Crippen LogP contribution in [-0.2, 0) is 14.4 Å². The second-order valence-corrected chi connectivity index (χ2v) is 8.46. The Kier molecular flexibility index (Phi) is 7.33. The summed E-state index contributed by atoms with van der Waals surface area (Å²) in [6, 6.07) is 17.1. The van der Waals surface area contributed by atoms with Crippen LogP contribution in [0.4, 0.5) is 28.4 Å². The van der Waals surface area contributed by atoms with E-state index in [2.05, 4.69) is 16.0 Å². The fraction of sp³-hybridized carbons (Fsp3) is 0.192. The zero-order chi connectivity index (χ0) is 26.5. The molecule has 1 heterocycles. The molecule has 3 amide bonds. The Bertz CT molecular complexity index is 1360. The number of anilines is 4. The molecular formula is C26H25N5O6. The normalized spacial score (nSPS) is 14.3. The SMILES string of the molecule is COc1cc([N+](=O)[O-])ccc1NC(=O)C[C@@H]1C(=O)Nc2ccccc2N1CC(=O)Nc1ccc(C)cc1. The summed E-state index contributed by atoms with van der Waals surface area (Å²) < 4.78 is 5.17. The summed E-state index contributed by atoms with van der Waals surface area (Å²) in [4.78, 5) is 51.0. The van der Waals surface area contributed by atoms with E-state index in [1.807, 2.05) is 19.1 Å². The lowest BCUT2D eigenvalue weighted by Gasteiger charge is -2.37. The van der Waals surface area contributed by atoms with Gasteiger partial charge in [-0.05, 0) is 37.3 Å². The summed E-state index contributed by atoms with van der Waals surface area (Å²) >= 11 is 0. The third-order valence-corrected chi connectivity index (χ3v) is 5.85. The zero-order valence-corrected chi connectivity index (χ0v) is 20.2. The van der Waals surface area contributed by atoms with E-state index in [-0.39, 0.29) is 36.0 Å². The molecule has 0 bridgehead atoms. The minimum Gasteiger partial charge on any atom is -0.494 e. The Hall–Kier alpha value is -4.93. The molecule has 3 N–H and O–H groups in total. The van der Waals surface area contributed by atoms with Crippen molar-refractivity contribution in [3.63, 3.8) is 0 Å². The fourth-order valence-electron chi connectivity index (χ4n) is 4.02. The lowest BCUT2D eigenvalue weighted by Crippen LogP contribution is -2.52. The van der Waals surface area contributed by atoms with Gasteiger partial charge >= 0.3 is 0 Å². The van der Waals surface area contributed by atoms with Crippen LogP contribution in [0.3, 0.4) is 0 Å². The number of benzene rings is 3. The number of hydrogen-bond acceptors (Lipinski definition) is 7. The molecule has 0 saturated carbocycles. The van der Waals surface area contributed by atoms with E-state index in [0.29, 0.717) is 17.1 Å². The summed E-state index contributed by atoms with van der Waals surface area (Å²) in [5, 5.41) is 19.3. The lowest BCUT2D eigenvalue weighted by atomic mass is 10.0. The van der Waals surface area contributed by atoms with Crippen molar-refractivity contribution in [3.05, 3.63) is 82.4 Å². The number of nitrogens with one attached hydrogen (secondary N) is 3. The highest BCUT2D eigenvalue weighted by Gasteiger charge is 2.35. The van der Waals surface area contributed by atoms with Crippen LogP contribution in [0, 0.1) is 17.0 Å². The Morgan fingerprint density at radius 1 is 1.05 bits per heavy atom. The Morgan fingerprint density at radius 3 is 2.49 bits per heavy atom. The summed E-state index contributed by atoms with van der Waals surface area (Å²) in [5.41, 5.74) is 2.83. The largest absolute Gasteiger partial charge is 0.494 e. The highest BCUT2D eigenvalue weighted by atomic mass is 16.6. The maximum absolute atomic E-state index is 13.0. The number of para-hydroxylation sites is 2. The fourth-order valence-corrected chi connectivity index (χ4v) is 4.02. The van der Waals surface area contributed by atoms with E-state index < -0.39 is 22.8 Å². The van der Waals surface area contributed by atoms with E-state index in [1.165, 1.54) is 25.3 Å². The Balaban J connectivity index is 1.54. The van der Waals surface area contributed by atoms with Gasteiger partial charge < -0.3 is 25.6 Å². The van der Waals surface area contributed by atoms with Gasteiger partial charge in [0.05, 0.1) is 48.1 Å². The predicted octanol–water partition coefficient (Wildman–Crippen LogP) is 3.71. The van der Waals surface area contributed by atoms with E-state index >= 15 is 0 Å². The number of fused-ring (bicyclic) bond motifs is 1. The first-order valence-electron chi connectivity index (χ1n) is 11.4. The Labute approximate surface area is 212 Å². The molecule has 0 fully saturated rings. The van der Waals surface area contributed by atoms with E-state index in [0.717, 1.165) is 5.56 Å². The van der Waals surface area contributed by atoms with E-state index in [1.54, 1.807) is 41.3 Å². The third kappa shape index (κ3) is 5.84. The van der Waals surface area contributed by atoms with Crippen molar-refractivity contribution in [2.45, 2.75) is 19.4 Å². The van der Waals surface area contributed by atoms with Crippen LogP contribution in [0.2, 0.25) is 0 Å². The number of amides is 3. The van der Waals surface area contributed by atoms with Crippen molar-refractivity contribution in [2.75, 3.05) is 34.5 Å². The number of ether oxygens (including phenoxy) is 1. The van der Waals surface area contributed by atoms with Gasteiger partial charge in [0.25, 0.3) is 5.69 Å². The number of carbonyl (C=O) groups excluding carboxylic acids is 3. The van der Waals surface area contributed by atoms with Crippen molar-refractivity contribution >= 4 is 46.2 Å². The molecule has 0 spiro atoms. The number of nitro groups is 1. The molecule has 0 radical (unpaired) electrons. The number of hydrogen-bond donors (Lipinski definition) is 3. The summed E-state index contributed by atoms with van der Waals surface area (Å²) in [6.07, 6.45) is -0.280. The maximum atomic E-state index is 13.0. The quantitative estimate of drug-likeness (QED) is 0.314. The van der Waals surface area contributed by atoms with Crippen LogP contribution in [0.1, 0.15) is 12.0 Å². The van der Waals surface area contributed by atoms with Gasteiger partial charge in [0, 0.05) is 11.8 Å². The number of carbonyl (C=O) groups is 3. The van der Waals surface area contributed by atoms with Gasteiger partial charge in [0.2, 0.25) is 17.7 Å². The second kappa shape index (κ2) is 10.8. The first kappa shape index (κ1) is 25.2. The van der Waals surface area contributed by atoms with Crippen molar-refractivity contribution in [3.8, 4) is 5.75 Å². The highest BCUT2D eigenvalue weighted by Crippen LogP contribution is 2.33. The second-order valence-electron chi connectivity index (χ2n) is 8.46. The van der Waals surface area contributed by atoms with Crippen LogP contribution in [0.5, 0.6) is 5.75 Å². The number of aryl methyl sites for hydroxylation is 1. The monoisotopic (exact) mass is 503 g/mol. The molecule has 37 heavy (non-hydrogen) atoms. The molecule has 1 aliphatic heterocycles. The average molecular weight is 504 g/mol. The van der Waals surface area contributed by atoms with Crippen LogP contribution in [-0.4, -0.2) is 42.3 Å². The molecular weight excluding hydrogens is 478 g/mol. The number of methoxy groups -OCH3 is 1. The standard InChI is InChI=1S/C26H25N5O6/c1-16-7-9-17(10-8-16)27-25(33)15-30-21-6-4-3-5-19(21)29-26(34)22(30)14-24(32)28-20-12-11-18(31(35)36)13-23(20)37-2/h3-13,22H,14-15H2,1-2H3,(H,27,33)(H,28,32)(H,29,34)/t22-/m1/s1. The first-order valence-corrected chi connectivity index (χ1v) is 11.4. The molecule has 0 aromatic heterocycles. The summed E-state index contributed by atoms with van der Waals surface area (Å²) in [7, 11) is 1.33. The van der Waals surface area contributed by atoms with Crippen LogP contribution >= 0.6 is 0 Å². The van der Waals surface area contributed by atoms with Crippen molar-refractivity contribution in [1.82, 2.24) is 0 Å². The van der Waals surface area contributed by atoms with Crippen molar-refractivity contribution in [2.24, 2.45) is 0 Å². The minimum absolute atomic E-state index is 0.107. The summed E-state index contributed by atoms with van der Waals surface area (Å²) in [6.45, 7) is 1.77. The molecule has 0 aliphatic carbocycles. The van der Waals surface area contributed by atoms with Gasteiger partial charge in [-0.15, -0.1) is 0 Å². The molecule has 0 saturated heterocycles. The molecule has 3 aromatic carbocycles. The maximum Gasteiger partial charge on any atom is 0.273 e. The molecule has 1 atom stereocenters. The van der Waals surface area contributed by atoms with E-state index in [4.69, 9.17) is 4.74 Å². The van der Waals surface area contributed by atoms with Gasteiger partial charge in [0.15, 0.2) is 0 Å². The number of non-ortho nitro benzene ring substituents is 1. The first-order chi connectivity index (χ1) is 17.7. The molecule has 11 nitrogen and oxygen atoms in total. The van der Waals surface area contributed by atoms with Gasteiger partial charge in [0.1, 0.15) is 11.8 Å². The smallest absolute Gasteiger partial charge is 0.273 e. The molecule has 11 heteroatoms. The van der Waals surface area contributed by atoms with Gasteiger partial charge in [-0.1, -0.05) is 29.8 Å². The molecule has 4 rings (SSSR count). The minimum atomic E-state index is -0.984. The van der Waals surface area contributed by atoms with Crippen LogP contribution in [0.25, 0.3) is 0 Å². The lowest BCUT2D eigenvalue weighted by molar-refractivity contribution is -0.384. The number of rotatable bonds is 8.